The van der Waals surface area contributed by atoms with Gasteiger partial charge in [-0.05, 0) is 118 Å². The Morgan fingerprint density at radius 1 is 0.529 bits per heavy atom. The molecule has 0 radical (unpaired) electrons. The predicted molar refractivity (Wildman–Crippen MR) is 140 cm³/mol. The molecule has 0 saturated heterocycles. The Balaban J connectivity index is 1.68. The summed E-state index contributed by atoms with van der Waals surface area (Å²) >= 11 is 0. The molecule has 0 spiro atoms. The Morgan fingerprint density at radius 3 is 1.09 bits per heavy atom. The van der Waals surface area contributed by atoms with Crippen LogP contribution in [0.5, 0.6) is 0 Å². The minimum atomic E-state index is 0.409. The molecule has 4 aliphatic carbocycles. The molecule has 0 amide bonds. The van der Waals surface area contributed by atoms with Gasteiger partial charge in [-0.15, -0.1) is 0 Å². The fraction of sp³-hybridized carbons (Fsp3) is 0.903. The molecule has 3 nitrogen and oxygen atoms in total. The molecule has 4 rings (SSSR count). The van der Waals surface area contributed by atoms with Crippen molar-refractivity contribution in [2.45, 2.75) is 156 Å². The highest BCUT2D eigenvalue weighted by atomic mass is 16.1. The van der Waals surface area contributed by atoms with Crippen LogP contribution in [-0.4, -0.2) is 17.3 Å². The lowest BCUT2D eigenvalue weighted by molar-refractivity contribution is -0.169. The van der Waals surface area contributed by atoms with Crippen molar-refractivity contribution >= 4 is 17.3 Å². The third-order valence-electron chi connectivity index (χ3n) is 9.49. The molecule has 0 atom stereocenters. The Labute approximate surface area is 209 Å². The number of carbonyl (C=O) groups is 3. The summed E-state index contributed by atoms with van der Waals surface area (Å²) in [7, 11) is 0. The van der Waals surface area contributed by atoms with Crippen LogP contribution in [0.2, 0.25) is 0 Å². The quantitative estimate of drug-likeness (QED) is 0.201. The third-order valence-corrected chi connectivity index (χ3v) is 9.49. The number of Topliss-reactive ketones (excluding diaryl/α,β-unsaturated/α-hetero) is 3. The summed E-state index contributed by atoms with van der Waals surface area (Å²) in [6.07, 6.45) is 22.3. The Bertz CT molecular complexity index is 604. The Hall–Kier alpha value is -0.990. The van der Waals surface area contributed by atoms with Gasteiger partial charge in [0.2, 0.25) is 0 Å². The van der Waals surface area contributed by atoms with E-state index in [2.05, 4.69) is 20.8 Å². The second kappa shape index (κ2) is 12.3. The van der Waals surface area contributed by atoms with Crippen molar-refractivity contribution in [1.29, 1.82) is 0 Å². The number of hydrogen-bond donors (Lipinski definition) is 0. The molecule has 0 N–H and O–H groups in total. The van der Waals surface area contributed by atoms with Gasteiger partial charge in [0.1, 0.15) is 17.3 Å². The second-order valence-corrected chi connectivity index (χ2v) is 12.9. The van der Waals surface area contributed by atoms with E-state index >= 15 is 0 Å². The smallest absolute Gasteiger partial charge is 0.132 e. The molecule has 3 heteroatoms. The molecule has 4 fully saturated rings. The fourth-order valence-electron chi connectivity index (χ4n) is 9.09. The van der Waals surface area contributed by atoms with Gasteiger partial charge in [0.05, 0.1) is 0 Å². The highest BCUT2D eigenvalue weighted by molar-refractivity contribution is 5.78. The van der Waals surface area contributed by atoms with Gasteiger partial charge in [-0.2, -0.15) is 0 Å². The summed E-state index contributed by atoms with van der Waals surface area (Å²) in [5, 5.41) is 0. The zero-order valence-electron chi connectivity index (χ0n) is 22.7. The van der Waals surface area contributed by atoms with Gasteiger partial charge in [0.25, 0.3) is 0 Å². The van der Waals surface area contributed by atoms with Crippen LogP contribution in [0.3, 0.4) is 0 Å². The lowest BCUT2D eigenvalue weighted by Crippen LogP contribution is -2.56. The highest BCUT2D eigenvalue weighted by Crippen LogP contribution is 2.73. The van der Waals surface area contributed by atoms with Crippen LogP contribution in [0.25, 0.3) is 0 Å². The van der Waals surface area contributed by atoms with Crippen LogP contribution in [0.4, 0.5) is 0 Å². The van der Waals surface area contributed by atoms with Gasteiger partial charge in [0.15, 0.2) is 0 Å². The summed E-state index contributed by atoms with van der Waals surface area (Å²) in [6.45, 7) is 6.29. The van der Waals surface area contributed by atoms with Gasteiger partial charge in [-0.3, -0.25) is 14.4 Å². The van der Waals surface area contributed by atoms with Crippen molar-refractivity contribution in [2.75, 3.05) is 0 Å². The molecular weight excluding hydrogens is 420 g/mol. The van der Waals surface area contributed by atoms with Gasteiger partial charge < -0.3 is 0 Å². The van der Waals surface area contributed by atoms with E-state index < -0.39 is 0 Å². The van der Waals surface area contributed by atoms with Gasteiger partial charge >= 0.3 is 0 Å². The number of hydrogen-bond acceptors (Lipinski definition) is 3. The molecule has 0 unspecified atom stereocenters. The van der Waals surface area contributed by atoms with E-state index in [1.54, 1.807) is 0 Å². The molecule has 34 heavy (non-hydrogen) atoms. The van der Waals surface area contributed by atoms with Crippen LogP contribution in [0.1, 0.15) is 156 Å². The van der Waals surface area contributed by atoms with Crippen LogP contribution in [-0.2, 0) is 14.4 Å². The van der Waals surface area contributed by atoms with E-state index in [4.69, 9.17) is 0 Å². The van der Waals surface area contributed by atoms with E-state index in [1.807, 2.05) is 0 Å². The molecule has 0 aromatic rings. The summed E-state index contributed by atoms with van der Waals surface area (Å²) in [5.41, 5.74) is 1.23. The van der Waals surface area contributed by atoms with Crippen molar-refractivity contribution in [3.05, 3.63) is 0 Å². The Kier molecular flexibility index (Phi) is 9.99. The molecule has 194 valence electrons. The van der Waals surface area contributed by atoms with Crippen LogP contribution in [0, 0.1) is 22.2 Å². The van der Waals surface area contributed by atoms with Crippen molar-refractivity contribution in [3.63, 3.8) is 0 Å². The third kappa shape index (κ3) is 7.26. The maximum absolute atomic E-state index is 12.2. The zero-order chi connectivity index (χ0) is 24.7. The fourth-order valence-corrected chi connectivity index (χ4v) is 9.09. The first-order valence-electron chi connectivity index (χ1n) is 14.8. The average molecular weight is 473 g/mol. The lowest BCUT2D eigenvalue weighted by Gasteiger charge is -2.67. The molecule has 0 aromatic heterocycles. The van der Waals surface area contributed by atoms with E-state index in [0.29, 0.717) is 33.6 Å². The molecular formula is C31H52O3. The molecule has 0 aliphatic heterocycles. The van der Waals surface area contributed by atoms with Crippen LogP contribution in [0.15, 0.2) is 0 Å². The second-order valence-electron chi connectivity index (χ2n) is 12.9. The standard InChI is InChI=1S/C31H52O3/c1-4-10-26(32)13-7-16-29-19-25-20-30(22-29,17-8-14-27(33)11-5-2)24-31(21-25,23-29)18-9-15-28(34)12-6-3/h25H,4-24H2,1-3H3. The molecule has 4 saturated carbocycles. The monoisotopic (exact) mass is 472 g/mol. The maximum atomic E-state index is 12.2. The summed E-state index contributed by atoms with van der Waals surface area (Å²) in [4.78, 5) is 36.6. The number of carbonyl (C=O) groups excluding carboxylic acids is 3. The molecule has 4 aliphatic rings. The van der Waals surface area contributed by atoms with Gasteiger partial charge in [-0.1, -0.05) is 20.8 Å². The van der Waals surface area contributed by atoms with Crippen LogP contribution >= 0.6 is 0 Å². The van der Waals surface area contributed by atoms with Crippen molar-refractivity contribution in [3.8, 4) is 0 Å². The number of ketones is 3. The minimum Gasteiger partial charge on any atom is -0.300 e. The van der Waals surface area contributed by atoms with Crippen LogP contribution < -0.4 is 0 Å². The number of rotatable bonds is 18. The average Bonchev–Trinajstić information content (AvgIpc) is 2.73. The largest absolute Gasteiger partial charge is 0.300 e. The van der Waals surface area contributed by atoms with Gasteiger partial charge in [-0.25, -0.2) is 0 Å². The van der Waals surface area contributed by atoms with E-state index in [1.165, 1.54) is 57.8 Å². The van der Waals surface area contributed by atoms with Gasteiger partial charge in [0, 0.05) is 38.5 Å². The lowest BCUT2D eigenvalue weighted by atomic mass is 9.37. The van der Waals surface area contributed by atoms with E-state index in [0.717, 1.165) is 83.0 Å². The van der Waals surface area contributed by atoms with Crippen molar-refractivity contribution in [2.24, 2.45) is 22.2 Å². The summed E-state index contributed by atoms with van der Waals surface area (Å²) < 4.78 is 0. The topological polar surface area (TPSA) is 51.2 Å². The van der Waals surface area contributed by atoms with E-state index in [9.17, 15) is 14.4 Å². The minimum absolute atomic E-state index is 0.409. The first-order chi connectivity index (χ1) is 16.3. The van der Waals surface area contributed by atoms with Crippen molar-refractivity contribution in [1.82, 2.24) is 0 Å². The molecule has 0 heterocycles. The zero-order valence-corrected chi connectivity index (χ0v) is 22.7. The van der Waals surface area contributed by atoms with E-state index in [-0.39, 0.29) is 0 Å². The molecule has 4 bridgehead atoms. The Morgan fingerprint density at radius 2 is 0.824 bits per heavy atom. The SMILES string of the molecule is CCCC(=O)CCCC12CC3CC(CCCC(=O)CCC)(C1)CC(CCCC(=O)CCC)(C3)C2. The predicted octanol–water partition coefficient (Wildman–Crippen LogP) is 8.56. The highest BCUT2D eigenvalue weighted by Gasteiger charge is 2.61. The first-order valence-corrected chi connectivity index (χ1v) is 14.8. The first kappa shape index (κ1) is 27.6. The maximum Gasteiger partial charge on any atom is 0.132 e. The van der Waals surface area contributed by atoms with Crippen molar-refractivity contribution < 1.29 is 14.4 Å². The summed E-state index contributed by atoms with van der Waals surface area (Å²) in [6, 6.07) is 0. The molecule has 0 aromatic carbocycles. The normalized spacial score (nSPS) is 31.7. The summed E-state index contributed by atoms with van der Waals surface area (Å²) in [5.74, 6) is 2.15.